The molecule has 1 aliphatic rings. The van der Waals surface area contributed by atoms with Crippen molar-refractivity contribution >= 4 is 27.5 Å². The van der Waals surface area contributed by atoms with E-state index < -0.39 is 12.2 Å². The van der Waals surface area contributed by atoms with Gasteiger partial charge in [0, 0.05) is 11.5 Å². The molecule has 8 heteroatoms. The van der Waals surface area contributed by atoms with E-state index in [0.717, 1.165) is 40.0 Å². The van der Waals surface area contributed by atoms with Crippen LogP contribution in [0.3, 0.4) is 0 Å². The average Bonchev–Trinajstić information content (AvgIpc) is 3.10. The maximum absolute atomic E-state index is 9.65. The van der Waals surface area contributed by atoms with E-state index in [-0.39, 0.29) is 31.3 Å². The fourth-order valence-electron chi connectivity index (χ4n) is 6.14. The van der Waals surface area contributed by atoms with Gasteiger partial charge in [-0.2, -0.15) is 0 Å². The molecule has 1 heterocycles. The highest BCUT2D eigenvalue weighted by molar-refractivity contribution is 9.10. The lowest BCUT2D eigenvalue weighted by Gasteiger charge is -2.46. The molecule has 47 heavy (non-hydrogen) atoms. The molecule has 1 aliphatic heterocycles. The highest BCUT2D eigenvalue weighted by Gasteiger charge is 2.46. The van der Waals surface area contributed by atoms with E-state index in [1.54, 1.807) is 0 Å². The lowest BCUT2D eigenvalue weighted by molar-refractivity contribution is -0.235. The summed E-state index contributed by atoms with van der Waals surface area (Å²) in [6.45, 7) is 7.71. The molecule has 0 unspecified atom stereocenters. The molecule has 1 fully saturated rings. The van der Waals surface area contributed by atoms with Crippen LogP contribution < -0.4 is 9.47 Å². The summed E-state index contributed by atoms with van der Waals surface area (Å²) in [4.78, 5) is 0. The van der Waals surface area contributed by atoms with Crippen LogP contribution in [-0.2, 0) is 33.8 Å². The number of aliphatic hydroxyl groups excluding tert-OH is 1. The van der Waals surface area contributed by atoms with Crippen LogP contribution in [0.1, 0.15) is 61.1 Å². The van der Waals surface area contributed by atoms with Crippen LogP contribution in [0.25, 0.3) is 0 Å². The lowest BCUT2D eigenvalue weighted by atomic mass is 9.83. The fraction of sp³-hybridized carbons (Fsp3) is 0.385. The molecule has 250 valence electrons. The minimum atomic E-state index is -0.497. The molecule has 0 bridgehead atoms. The molecule has 1 saturated heterocycles. The number of ether oxygens (including phenoxy) is 5. The third-order valence-electron chi connectivity index (χ3n) is 8.56. The summed E-state index contributed by atoms with van der Waals surface area (Å²) in [5.74, 6) is 1.36. The van der Waals surface area contributed by atoms with Crippen LogP contribution in [0.5, 0.6) is 11.5 Å². The van der Waals surface area contributed by atoms with E-state index in [0.29, 0.717) is 41.5 Å². The normalized spacial score (nSPS) is 21.0. The maximum Gasteiger partial charge on any atom is 0.152 e. The maximum atomic E-state index is 9.65. The first-order valence-corrected chi connectivity index (χ1v) is 17.5. The van der Waals surface area contributed by atoms with E-state index in [4.69, 9.17) is 35.3 Å². The minimum Gasteiger partial charge on any atom is -0.494 e. The monoisotopic (exact) mass is 722 g/mol. The predicted molar refractivity (Wildman–Crippen MR) is 189 cm³/mol. The van der Waals surface area contributed by atoms with Crippen molar-refractivity contribution in [1.29, 1.82) is 0 Å². The second kappa shape index (κ2) is 17.5. The first-order valence-electron chi connectivity index (χ1n) is 16.4. The van der Waals surface area contributed by atoms with Crippen molar-refractivity contribution in [2.24, 2.45) is 5.92 Å². The van der Waals surface area contributed by atoms with Crippen LogP contribution in [-0.4, -0.2) is 43.2 Å². The summed E-state index contributed by atoms with van der Waals surface area (Å²) >= 11 is 10.9. The molecule has 0 spiro atoms. The van der Waals surface area contributed by atoms with Crippen LogP contribution in [0, 0.1) is 5.92 Å². The van der Waals surface area contributed by atoms with Gasteiger partial charge in [-0.3, -0.25) is 0 Å². The van der Waals surface area contributed by atoms with Gasteiger partial charge in [0.2, 0.25) is 0 Å². The number of hydrogen-bond acceptors (Lipinski definition) is 6. The van der Waals surface area contributed by atoms with E-state index in [9.17, 15) is 5.11 Å². The highest BCUT2D eigenvalue weighted by Crippen LogP contribution is 2.47. The summed E-state index contributed by atoms with van der Waals surface area (Å²) in [5, 5.41) is 10.1. The molecular weight excluding hydrogens is 680 g/mol. The van der Waals surface area contributed by atoms with Gasteiger partial charge in [-0.25, -0.2) is 0 Å². The smallest absolute Gasteiger partial charge is 0.152 e. The highest BCUT2D eigenvalue weighted by atomic mass is 79.9. The molecule has 0 aliphatic carbocycles. The fourth-order valence-corrected chi connectivity index (χ4v) is 7.18. The van der Waals surface area contributed by atoms with Gasteiger partial charge in [-0.05, 0) is 76.1 Å². The number of benzene rings is 4. The van der Waals surface area contributed by atoms with Crippen LogP contribution in [0.15, 0.2) is 95.5 Å². The molecule has 0 aromatic heterocycles. The largest absolute Gasteiger partial charge is 0.494 e. The number of aliphatic hydroxyl groups is 1. The average molecular weight is 724 g/mol. The summed E-state index contributed by atoms with van der Waals surface area (Å²) < 4.78 is 32.9. The Hall–Kier alpha value is -2.91. The molecular formula is C39H44BrClO6. The topological polar surface area (TPSA) is 66.4 Å². The molecule has 6 nitrogen and oxygen atoms in total. The molecule has 0 radical (unpaired) electrons. The van der Waals surface area contributed by atoms with Crippen molar-refractivity contribution in [2.75, 3.05) is 19.8 Å². The van der Waals surface area contributed by atoms with Gasteiger partial charge in [0.15, 0.2) is 5.75 Å². The van der Waals surface area contributed by atoms with Gasteiger partial charge in [0.1, 0.15) is 24.6 Å². The van der Waals surface area contributed by atoms with Crippen molar-refractivity contribution in [3.63, 3.8) is 0 Å². The number of halogens is 2. The Morgan fingerprint density at radius 1 is 0.809 bits per heavy atom. The summed E-state index contributed by atoms with van der Waals surface area (Å²) in [7, 11) is 0. The van der Waals surface area contributed by atoms with E-state index in [2.05, 4.69) is 60.1 Å². The quantitative estimate of drug-likeness (QED) is 0.132. The molecule has 5 atom stereocenters. The number of rotatable bonds is 15. The molecule has 0 amide bonds. The van der Waals surface area contributed by atoms with Crippen LogP contribution >= 0.6 is 27.5 Å². The van der Waals surface area contributed by atoms with Gasteiger partial charge in [-0.1, -0.05) is 98.2 Å². The molecule has 4 aromatic carbocycles. The van der Waals surface area contributed by atoms with Crippen LogP contribution in [0.2, 0.25) is 5.02 Å². The van der Waals surface area contributed by atoms with Crippen molar-refractivity contribution in [1.82, 2.24) is 0 Å². The Morgan fingerprint density at radius 3 is 2.00 bits per heavy atom. The molecule has 1 N–H and O–H groups in total. The Balaban J connectivity index is 1.56. The SMILES string of the molecule is CCOc1ccc(Cc2cc([C@@H]3O[C@H](CC)[C@@H](C)[C@H](OCc4ccccc4)[C@H]3OCc3ccccc3)c(Br)c(OCCO)c2Cl)cc1. The van der Waals surface area contributed by atoms with Crippen molar-refractivity contribution < 1.29 is 28.8 Å². The molecule has 0 saturated carbocycles. The third kappa shape index (κ3) is 8.96. The predicted octanol–water partition coefficient (Wildman–Crippen LogP) is 9.12. The minimum absolute atomic E-state index is 0.0697. The zero-order chi connectivity index (χ0) is 33.2. The van der Waals surface area contributed by atoms with E-state index >= 15 is 0 Å². The van der Waals surface area contributed by atoms with Gasteiger partial charge < -0.3 is 28.8 Å². The Labute approximate surface area is 292 Å². The first-order chi connectivity index (χ1) is 22.9. The third-order valence-corrected chi connectivity index (χ3v) is 9.79. The van der Waals surface area contributed by atoms with Crippen molar-refractivity contribution in [2.45, 2.75) is 71.2 Å². The zero-order valence-corrected chi connectivity index (χ0v) is 29.6. The first kappa shape index (κ1) is 35.4. The summed E-state index contributed by atoms with van der Waals surface area (Å²) in [6, 6.07) is 30.5. The standard InChI is InChI=1S/C39H44BrClO6/c1-4-33-26(3)36(45-24-28-12-8-6-9-13-28)39(46-25-29-14-10-7-11-15-29)37(47-33)32-23-30(35(41)38(34(32)40)44-21-20-42)22-27-16-18-31(19-17-27)43-5-2/h6-19,23,26,33,36-37,39,42H,4-5,20-22,24-25H2,1-3H3/t26-,33-,36+,37+,39-/m1/s1. The van der Waals surface area contributed by atoms with Gasteiger partial charge in [-0.15, -0.1) is 0 Å². The second-order valence-electron chi connectivity index (χ2n) is 11.8. The van der Waals surface area contributed by atoms with E-state index in [1.807, 2.05) is 67.6 Å². The summed E-state index contributed by atoms with van der Waals surface area (Å²) in [6.07, 6.45) is 0.0934. The van der Waals surface area contributed by atoms with Crippen LogP contribution in [0.4, 0.5) is 0 Å². The van der Waals surface area contributed by atoms with Crippen molar-refractivity contribution in [3.05, 3.63) is 128 Å². The Bertz CT molecular complexity index is 1540. The Morgan fingerprint density at radius 2 is 1.43 bits per heavy atom. The summed E-state index contributed by atoms with van der Waals surface area (Å²) in [5.41, 5.74) is 4.97. The second-order valence-corrected chi connectivity index (χ2v) is 13.0. The van der Waals surface area contributed by atoms with Gasteiger partial charge in [0.05, 0.1) is 48.1 Å². The zero-order valence-electron chi connectivity index (χ0n) is 27.2. The van der Waals surface area contributed by atoms with Gasteiger partial charge >= 0.3 is 0 Å². The van der Waals surface area contributed by atoms with Crippen molar-refractivity contribution in [3.8, 4) is 11.5 Å². The lowest BCUT2D eigenvalue weighted by Crippen LogP contribution is -2.51. The van der Waals surface area contributed by atoms with E-state index in [1.165, 1.54) is 0 Å². The van der Waals surface area contributed by atoms with Gasteiger partial charge in [0.25, 0.3) is 0 Å². The molecule has 5 rings (SSSR count). The molecule has 4 aromatic rings. The number of hydrogen-bond donors (Lipinski definition) is 1. The Kier molecular flexibility index (Phi) is 13.2.